The van der Waals surface area contributed by atoms with Crippen molar-refractivity contribution < 1.29 is 5.11 Å². The van der Waals surface area contributed by atoms with Gasteiger partial charge in [0.1, 0.15) is 0 Å². The third-order valence-electron chi connectivity index (χ3n) is 3.26. The second kappa shape index (κ2) is 5.85. The number of hydrogen-bond donors (Lipinski definition) is 1. The van der Waals surface area contributed by atoms with Crippen molar-refractivity contribution in [3.05, 3.63) is 62.9 Å². The average Bonchev–Trinajstić information content (AvgIpc) is 2.27. The highest BCUT2D eigenvalue weighted by Crippen LogP contribution is 2.26. The zero-order valence-electron chi connectivity index (χ0n) is 11.4. The maximum absolute atomic E-state index is 10.5. The van der Waals surface area contributed by atoms with E-state index >= 15 is 0 Å². The number of hydrogen-bond acceptors (Lipinski definition) is 2. The normalized spacial score (nSPS) is 12.5. The Bertz CT molecular complexity index is 572. The standard InChI is InChI=1S/C16H18BrNO/c1-10-4-11(2)16(12(3)5-10)15(19)7-13-6-14(17)9-18-8-13/h4-6,8-9,15,19H,7H2,1-3H3. The zero-order valence-corrected chi connectivity index (χ0v) is 13.0. The number of aryl methyl sites for hydroxylation is 3. The Morgan fingerprint density at radius 3 is 2.32 bits per heavy atom. The molecule has 19 heavy (non-hydrogen) atoms. The summed E-state index contributed by atoms with van der Waals surface area (Å²) in [6.07, 6.45) is 3.64. The van der Waals surface area contributed by atoms with Crippen molar-refractivity contribution in [1.29, 1.82) is 0 Å². The minimum absolute atomic E-state index is 0.489. The predicted molar refractivity (Wildman–Crippen MR) is 81.3 cm³/mol. The van der Waals surface area contributed by atoms with Gasteiger partial charge in [-0.05, 0) is 65.0 Å². The third kappa shape index (κ3) is 3.43. The molecule has 1 unspecified atom stereocenters. The van der Waals surface area contributed by atoms with Crippen LogP contribution in [0.3, 0.4) is 0 Å². The number of rotatable bonds is 3. The Kier molecular flexibility index (Phi) is 4.38. The molecule has 0 aliphatic heterocycles. The summed E-state index contributed by atoms with van der Waals surface area (Å²) in [5, 5.41) is 10.5. The van der Waals surface area contributed by atoms with Gasteiger partial charge in [-0.2, -0.15) is 0 Å². The highest BCUT2D eigenvalue weighted by molar-refractivity contribution is 9.10. The summed E-state index contributed by atoms with van der Waals surface area (Å²) in [5.74, 6) is 0. The van der Waals surface area contributed by atoms with Gasteiger partial charge in [-0.1, -0.05) is 17.7 Å². The molecule has 0 spiro atoms. The van der Waals surface area contributed by atoms with Crippen molar-refractivity contribution in [2.45, 2.75) is 33.3 Å². The molecule has 1 N–H and O–H groups in total. The van der Waals surface area contributed by atoms with Gasteiger partial charge in [0.05, 0.1) is 6.10 Å². The van der Waals surface area contributed by atoms with E-state index in [0.29, 0.717) is 6.42 Å². The first kappa shape index (κ1) is 14.2. The smallest absolute Gasteiger partial charge is 0.0836 e. The van der Waals surface area contributed by atoms with Gasteiger partial charge < -0.3 is 5.11 Å². The van der Waals surface area contributed by atoms with Crippen LogP contribution in [0, 0.1) is 20.8 Å². The molecule has 0 saturated carbocycles. The van der Waals surface area contributed by atoms with E-state index in [1.165, 1.54) is 5.56 Å². The monoisotopic (exact) mass is 319 g/mol. The van der Waals surface area contributed by atoms with Gasteiger partial charge in [-0.3, -0.25) is 4.98 Å². The molecule has 2 aromatic rings. The Hall–Kier alpha value is -1.19. The minimum Gasteiger partial charge on any atom is -0.388 e. The lowest BCUT2D eigenvalue weighted by atomic mass is 9.93. The van der Waals surface area contributed by atoms with Crippen LogP contribution in [0.4, 0.5) is 0 Å². The molecule has 0 radical (unpaired) electrons. The summed E-state index contributed by atoms with van der Waals surface area (Å²) in [4.78, 5) is 4.13. The lowest BCUT2D eigenvalue weighted by Crippen LogP contribution is -2.07. The van der Waals surface area contributed by atoms with E-state index in [4.69, 9.17) is 0 Å². The van der Waals surface area contributed by atoms with Crippen LogP contribution in [0.1, 0.15) is 33.9 Å². The molecule has 0 aliphatic carbocycles. The van der Waals surface area contributed by atoms with Crippen LogP contribution in [0.25, 0.3) is 0 Å². The molecular formula is C16H18BrNO. The van der Waals surface area contributed by atoms with E-state index in [1.807, 2.05) is 6.07 Å². The Morgan fingerprint density at radius 1 is 1.11 bits per heavy atom. The summed E-state index contributed by atoms with van der Waals surface area (Å²) < 4.78 is 0.939. The van der Waals surface area contributed by atoms with Gasteiger partial charge in [0, 0.05) is 23.3 Å². The molecule has 1 atom stereocenters. The fraction of sp³-hybridized carbons (Fsp3) is 0.312. The summed E-state index contributed by atoms with van der Waals surface area (Å²) in [6, 6.07) is 6.23. The van der Waals surface area contributed by atoms with Gasteiger partial charge in [0.15, 0.2) is 0 Å². The summed E-state index contributed by atoms with van der Waals surface area (Å²) in [6.45, 7) is 6.18. The van der Waals surface area contributed by atoms with Gasteiger partial charge in [0.2, 0.25) is 0 Å². The third-order valence-corrected chi connectivity index (χ3v) is 3.70. The summed E-state index contributed by atoms with van der Waals surface area (Å²) in [5.41, 5.74) is 5.59. The molecule has 2 rings (SSSR count). The largest absolute Gasteiger partial charge is 0.388 e. The second-order valence-electron chi connectivity index (χ2n) is 5.04. The highest BCUT2D eigenvalue weighted by Gasteiger charge is 2.14. The first-order chi connectivity index (χ1) is 8.97. The molecule has 1 aromatic carbocycles. The Balaban J connectivity index is 2.28. The quantitative estimate of drug-likeness (QED) is 0.926. The lowest BCUT2D eigenvalue weighted by Gasteiger charge is -2.17. The summed E-state index contributed by atoms with van der Waals surface area (Å²) in [7, 11) is 0. The van der Waals surface area contributed by atoms with Crippen molar-refractivity contribution in [1.82, 2.24) is 4.98 Å². The van der Waals surface area contributed by atoms with Gasteiger partial charge >= 0.3 is 0 Å². The van der Waals surface area contributed by atoms with Crippen molar-refractivity contribution in [3.8, 4) is 0 Å². The van der Waals surface area contributed by atoms with Crippen molar-refractivity contribution in [2.75, 3.05) is 0 Å². The zero-order chi connectivity index (χ0) is 14.0. The number of halogens is 1. The number of aliphatic hydroxyl groups excluding tert-OH is 1. The van der Waals surface area contributed by atoms with Crippen LogP contribution in [0.2, 0.25) is 0 Å². The molecule has 0 fully saturated rings. The Labute approximate surface area is 122 Å². The molecule has 0 bridgehead atoms. The maximum Gasteiger partial charge on any atom is 0.0836 e. The van der Waals surface area contributed by atoms with Crippen molar-refractivity contribution in [2.24, 2.45) is 0 Å². The number of pyridine rings is 1. The van der Waals surface area contributed by atoms with E-state index < -0.39 is 6.10 Å². The predicted octanol–water partition coefficient (Wildman–Crippen LogP) is 4.05. The lowest BCUT2D eigenvalue weighted by molar-refractivity contribution is 0.177. The van der Waals surface area contributed by atoms with Crippen LogP contribution in [0.5, 0.6) is 0 Å². The molecule has 0 amide bonds. The van der Waals surface area contributed by atoms with E-state index in [9.17, 15) is 5.11 Å². The SMILES string of the molecule is Cc1cc(C)c(C(O)Cc2cncc(Br)c2)c(C)c1. The molecule has 1 heterocycles. The first-order valence-electron chi connectivity index (χ1n) is 6.32. The molecule has 100 valence electrons. The van der Waals surface area contributed by atoms with E-state index in [2.05, 4.69) is 53.8 Å². The number of nitrogens with zero attached hydrogens (tertiary/aromatic N) is 1. The topological polar surface area (TPSA) is 33.1 Å². The molecule has 0 saturated heterocycles. The highest BCUT2D eigenvalue weighted by atomic mass is 79.9. The van der Waals surface area contributed by atoms with Crippen molar-refractivity contribution in [3.63, 3.8) is 0 Å². The van der Waals surface area contributed by atoms with Gasteiger partial charge in [-0.25, -0.2) is 0 Å². The summed E-state index contributed by atoms with van der Waals surface area (Å²) >= 11 is 3.40. The van der Waals surface area contributed by atoms with Gasteiger partial charge in [-0.15, -0.1) is 0 Å². The van der Waals surface area contributed by atoms with E-state index in [1.54, 1.807) is 12.4 Å². The van der Waals surface area contributed by atoms with E-state index in [0.717, 1.165) is 26.7 Å². The van der Waals surface area contributed by atoms with Crippen LogP contribution >= 0.6 is 15.9 Å². The van der Waals surface area contributed by atoms with Crippen LogP contribution in [-0.4, -0.2) is 10.1 Å². The first-order valence-corrected chi connectivity index (χ1v) is 7.12. The molecule has 3 heteroatoms. The van der Waals surface area contributed by atoms with Crippen molar-refractivity contribution >= 4 is 15.9 Å². The minimum atomic E-state index is -0.489. The Morgan fingerprint density at radius 2 is 1.74 bits per heavy atom. The van der Waals surface area contributed by atoms with Crippen LogP contribution in [-0.2, 0) is 6.42 Å². The molecule has 1 aromatic heterocycles. The number of aromatic nitrogens is 1. The van der Waals surface area contributed by atoms with Crippen LogP contribution < -0.4 is 0 Å². The fourth-order valence-corrected chi connectivity index (χ4v) is 3.02. The van der Waals surface area contributed by atoms with Gasteiger partial charge in [0.25, 0.3) is 0 Å². The van der Waals surface area contributed by atoms with Crippen LogP contribution in [0.15, 0.2) is 35.1 Å². The maximum atomic E-state index is 10.5. The molecule has 2 nitrogen and oxygen atoms in total. The second-order valence-corrected chi connectivity index (χ2v) is 5.96. The van der Waals surface area contributed by atoms with E-state index in [-0.39, 0.29) is 0 Å². The molecular weight excluding hydrogens is 302 g/mol. The molecule has 0 aliphatic rings. The number of aliphatic hydroxyl groups is 1. The number of benzene rings is 1. The fourth-order valence-electron chi connectivity index (χ4n) is 2.61. The average molecular weight is 320 g/mol.